The average Bonchev–Trinajstić information content (AvgIpc) is 3.84. The highest BCUT2D eigenvalue weighted by molar-refractivity contribution is 6.10. The number of rotatable bonds is 3. The van der Waals surface area contributed by atoms with Crippen LogP contribution in [0.1, 0.15) is 42.4 Å². The van der Waals surface area contributed by atoms with Gasteiger partial charge in [0.15, 0.2) is 0 Å². The number of hydrogen-bond donors (Lipinski definition) is 2. The Morgan fingerprint density at radius 3 is 2.13 bits per heavy atom. The van der Waals surface area contributed by atoms with Gasteiger partial charge < -0.3 is 19.4 Å². The number of fused-ring (bicyclic) bond motifs is 5. The Kier molecular flexibility index (Phi) is 6.56. The molecule has 0 saturated heterocycles. The van der Waals surface area contributed by atoms with Crippen molar-refractivity contribution < 1.29 is 9.52 Å². The first kappa shape index (κ1) is 31.0. The van der Waals surface area contributed by atoms with Crippen LogP contribution in [0.15, 0.2) is 168 Å². The van der Waals surface area contributed by atoms with E-state index >= 15 is 0 Å². The summed E-state index contributed by atoms with van der Waals surface area (Å²) in [5, 5.41) is 19.7. The quantitative estimate of drug-likeness (QED) is 0.193. The highest BCUT2D eigenvalue weighted by atomic mass is 16.3. The minimum atomic E-state index is -0.884. The van der Waals surface area contributed by atoms with Gasteiger partial charge in [-0.3, -0.25) is 0 Å². The number of furan rings is 1. The third kappa shape index (κ3) is 4.67. The number of nitrogens with one attached hydrogen (secondary N) is 1. The molecule has 1 atom stereocenters. The molecule has 0 fully saturated rings. The molecule has 4 heterocycles. The lowest BCUT2D eigenvalue weighted by Gasteiger charge is -2.20. The molecule has 1 aliphatic carbocycles. The molecule has 9 aromatic rings. The Morgan fingerprint density at radius 1 is 0.574 bits per heavy atom. The van der Waals surface area contributed by atoms with Gasteiger partial charge in [0.2, 0.25) is 0 Å². The standard InChI is InChI=1S/C50H36N2O2/c1-50(2)29-43(47-41-28-33(30-10-4-3-5-11-30)20-23-46(41)54-49(47)50)51-42-21-18-34-27-40(42)48(53)36-14-8-12-31(24-36)32-13-9-15-37(25-32)52-44-17-7-6-16-38(44)39-26-35(34)19-22-45(39)52/h3-29,48,51,53H,1-2H3. The van der Waals surface area contributed by atoms with Gasteiger partial charge in [0.25, 0.3) is 0 Å². The monoisotopic (exact) mass is 696 g/mol. The van der Waals surface area contributed by atoms with Crippen molar-refractivity contribution in [1.82, 2.24) is 4.57 Å². The van der Waals surface area contributed by atoms with Crippen LogP contribution in [-0.4, -0.2) is 9.67 Å². The van der Waals surface area contributed by atoms with Crippen molar-refractivity contribution in [3.05, 3.63) is 186 Å². The van der Waals surface area contributed by atoms with E-state index in [0.717, 1.165) is 89.4 Å². The topological polar surface area (TPSA) is 50.3 Å². The second kappa shape index (κ2) is 11.4. The van der Waals surface area contributed by atoms with Gasteiger partial charge in [0, 0.05) is 49.8 Å². The van der Waals surface area contributed by atoms with Crippen molar-refractivity contribution in [2.75, 3.05) is 5.32 Å². The number of hydrogen-bond acceptors (Lipinski definition) is 3. The van der Waals surface area contributed by atoms with Crippen LogP contribution in [0.2, 0.25) is 0 Å². The molecule has 2 aliphatic heterocycles. The van der Waals surface area contributed by atoms with Crippen LogP contribution in [0, 0.1) is 0 Å². The molecular weight excluding hydrogens is 661 g/mol. The molecule has 0 amide bonds. The molecule has 1 unspecified atom stereocenters. The third-order valence-corrected chi connectivity index (χ3v) is 11.4. The second-order valence-electron chi connectivity index (χ2n) is 15.3. The van der Waals surface area contributed by atoms with Crippen LogP contribution in [-0.2, 0) is 5.41 Å². The molecule has 12 rings (SSSR count). The summed E-state index contributed by atoms with van der Waals surface area (Å²) in [7, 11) is 0. The molecule has 2 aromatic heterocycles. The first-order valence-corrected chi connectivity index (χ1v) is 18.6. The van der Waals surface area contributed by atoms with Crippen LogP contribution in [0.25, 0.3) is 77.5 Å². The molecule has 2 N–H and O–H groups in total. The van der Waals surface area contributed by atoms with Crippen LogP contribution in [0.5, 0.6) is 0 Å². The minimum absolute atomic E-state index is 0.327. The van der Waals surface area contributed by atoms with Gasteiger partial charge in [-0.05, 0) is 120 Å². The molecule has 0 radical (unpaired) electrons. The zero-order chi connectivity index (χ0) is 36.1. The number of benzene rings is 7. The Morgan fingerprint density at radius 2 is 1.24 bits per heavy atom. The molecule has 4 heteroatoms. The van der Waals surface area contributed by atoms with E-state index in [0.29, 0.717) is 0 Å². The van der Waals surface area contributed by atoms with Gasteiger partial charge in [-0.15, -0.1) is 0 Å². The van der Waals surface area contributed by atoms with Gasteiger partial charge >= 0.3 is 0 Å². The van der Waals surface area contributed by atoms with Gasteiger partial charge in [-0.2, -0.15) is 0 Å². The molecule has 7 aromatic carbocycles. The maximum absolute atomic E-state index is 12.4. The Hall–Kier alpha value is -6.62. The zero-order valence-electron chi connectivity index (χ0n) is 30.0. The normalized spacial score (nSPS) is 15.4. The summed E-state index contributed by atoms with van der Waals surface area (Å²) in [6.45, 7) is 4.39. The SMILES string of the molecule is CC1(C)C=C(Nc2ccc3cc2C(O)c2cccc(c2)-c2cccc(c2)-n2c4ccccc4c4cc-3ccc42)c2c1oc1ccc(-c3ccccc3)cc21. The smallest absolute Gasteiger partial charge is 0.135 e. The van der Waals surface area contributed by atoms with Crippen molar-refractivity contribution >= 4 is 44.2 Å². The maximum atomic E-state index is 12.4. The fraction of sp³-hybridized carbons (Fsp3) is 0.0800. The highest BCUT2D eigenvalue weighted by Gasteiger charge is 2.36. The highest BCUT2D eigenvalue weighted by Crippen LogP contribution is 2.48. The van der Waals surface area contributed by atoms with E-state index in [1.807, 2.05) is 18.2 Å². The van der Waals surface area contributed by atoms with E-state index in [4.69, 9.17) is 4.42 Å². The fourth-order valence-corrected chi connectivity index (χ4v) is 8.78. The summed E-state index contributed by atoms with van der Waals surface area (Å²) in [6, 6.07) is 55.8. The lowest BCUT2D eigenvalue weighted by molar-refractivity contribution is 0.221. The van der Waals surface area contributed by atoms with E-state index in [9.17, 15) is 5.11 Å². The predicted octanol–water partition coefficient (Wildman–Crippen LogP) is 12.7. The van der Waals surface area contributed by atoms with Gasteiger partial charge in [0.1, 0.15) is 17.4 Å². The minimum Gasteiger partial charge on any atom is -0.459 e. The Labute approximate surface area is 313 Å². The zero-order valence-corrected chi connectivity index (χ0v) is 30.0. The van der Waals surface area contributed by atoms with Crippen molar-refractivity contribution in [2.45, 2.75) is 25.4 Å². The largest absolute Gasteiger partial charge is 0.459 e. The lowest BCUT2D eigenvalue weighted by Crippen LogP contribution is -2.09. The van der Waals surface area contributed by atoms with Crippen molar-refractivity contribution in [1.29, 1.82) is 0 Å². The number of anilines is 1. The Balaban J connectivity index is 1.11. The first-order valence-electron chi connectivity index (χ1n) is 18.6. The molecule has 3 aliphatic rings. The number of allylic oxidation sites excluding steroid dienone is 1. The van der Waals surface area contributed by atoms with Gasteiger partial charge in [0.05, 0.1) is 11.0 Å². The molecule has 0 spiro atoms. The number of aliphatic hydroxyl groups is 1. The molecule has 4 nitrogen and oxygen atoms in total. The molecule has 0 saturated carbocycles. The summed E-state index contributed by atoms with van der Waals surface area (Å²) < 4.78 is 8.95. The van der Waals surface area contributed by atoms with Crippen LogP contribution in [0.3, 0.4) is 0 Å². The summed E-state index contributed by atoms with van der Waals surface area (Å²) >= 11 is 0. The summed E-state index contributed by atoms with van der Waals surface area (Å²) in [5.41, 5.74) is 15.1. The number of para-hydroxylation sites is 1. The van der Waals surface area contributed by atoms with Crippen molar-refractivity contribution in [3.63, 3.8) is 0 Å². The summed E-state index contributed by atoms with van der Waals surface area (Å²) in [6.07, 6.45) is 1.37. The summed E-state index contributed by atoms with van der Waals surface area (Å²) in [5.74, 6) is 0.942. The van der Waals surface area contributed by atoms with E-state index in [2.05, 4.69) is 169 Å². The maximum Gasteiger partial charge on any atom is 0.135 e. The van der Waals surface area contributed by atoms with E-state index in [1.54, 1.807) is 0 Å². The predicted molar refractivity (Wildman–Crippen MR) is 222 cm³/mol. The first-order chi connectivity index (χ1) is 26.4. The van der Waals surface area contributed by atoms with E-state index in [-0.39, 0.29) is 5.41 Å². The van der Waals surface area contributed by atoms with Crippen LogP contribution < -0.4 is 5.32 Å². The molecule has 54 heavy (non-hydrogen) atoms. The molecular formula is C50H36N2O2. The number of nitrogens with zero attached hydrogens (tertiary/aromatic N) is 1. The Bertz CT molecular complexity index is 3020. The summed E-state index contributed by atoms with van der Waals surface area (Å²) in [4.78, 5) is 0. The van der Waals surface area contributed by atoms with Crippen LogP contribution in [0.4, 0.5) is 5.69 Å². The molecule has 10 bridgehead atoms. The van der Waals surface area contributed by atoms with Gasteiger partial charge in [-0.25, -0.2) is 0 Å². The van der Waals surface area contributed by atoms with Crippen LogP contribution >= 0.6 is 0 Å². The lowest BCUT2D eigenvalue weighted by atomic mass is 9.93. The molecule has 258 valence electrons. The van der Waals surface area contributed by atoms with Gasteiger partial charge in [-0.1, -0.05) is 97.1 Å². The second-order valence-corrected chi connectivity index (χ2v) is 15.3. The van der Waals surface area contributed by atoms with E-state index < -0.39 is 6.10 Å². The number of aliphatic hydroxyl groups excluding tert-OH is 1. The third-order valence-electron chi connectivity index (χ3n) is 11.4. The number of aromatic nitrogens is 1. The van der Waals surface area contributed by atoms with Crippen molar-refractivity contribution in [3.8, 4) is 39.1 Å². The fourth-order valence-electron chi connectivity index (χ4n) is 8.78. The van der Waals surface area contributed by atoms with E-state index in [1.165, 1.54) is 16.3 Å². The van der Waals surface area contributed by atoms with Crippen molar-refractivity contribution in [2.24, 2.45) is 0 Å². The average molecular weight is 697 g/mol.